The molecule has 11 heavy (non-hydrogen) atoms. The largest absolute Gasteiger partial charge is 0.317 e. The Morgan fingerprint density at radius 1 is 1.45 bits per heavy atom. The van der Waals surface area contributed by atoms with Crippen molar-refractivity contribution in [3.8, 4) is 0 Å². The van der Waals surface area contributed by atoms with Crippen molar-refractivity contribution in [3.63, 3.8) is 0 Å². The van der Waals surface area contributed by atoms with E-state index in [1.807, 2.05) is 0 Å². The van der Waals surface area contributed by atoms with Crippen molar-refractivity contribution in [1.82, 2.24) is 10.6 Å². The van der Waals surface area contributed by atoms with Crippen LogP contribution in [0.1, 0.15) is 25.7 Å². The van der Waals surface area contributed by atoms with Gasteiger partial charge < -0.3 is 10.6 Å². The molecule has 0 radical (unpaired) electrons. The van der Waals surface area contributed by atoms with Gasteiger partial charge in [-0.05, 0) is 44.7 Å². The first kappa shape index (κ1) is 7.56. The first-order chi connectivity index (χ1) is 5.35. The molecular formula is C9H18N2. The number of hydrogen-bond acceptors (Lipinski definition) is 2. The van der Waals surface area contributed by atoms with Crippen molar-refractivity contribution < 1.29 is 0 Å². The average Bonchev–Trinajstić information content (AvgIpc) is 2.62. The lowest BCUT2D eigenvalue weighted by Crippen LogP contribution is -2.26. The van der Waals surface area contributed by atoms with E-state index in [2.05, 4.69) is 17.7 Å². The van der Waals surface area contributed by atoms with Crippen LogP contribution in [-0.4, -0.2) is 26.2 Å². The summed E-state index contributed by atoms with van der Waals surface area (Å²) in [7, 11) is 2.09. The van der Waals surface area contributed by atoms with Crippen LogP contribution in [0.5, 0.6) is 0 Å². The maximum absolute atomic E-state index is 3.47. The van der Waals surface area contributed by atoms with Crippen LogP contribution in [-0.2, 0) is 0 Å². The van der Waals surface area contributed by atoms with Crippen molar-refractivity contribution in [1.29, 1.82) is 0 Å². The maximum Gasteiger partial charge on any atom is 0.00700 e. The Kier molecular flexibility index (Phi) is 1.90. The summed E-state index contributed by atoms with van der Waals surface area (Å²) >= 11 is 0. The molecule has 1 heterocycles. The lowest BCUT2D eigenvalue weighted by Gasteiger charge is -2.21. The highest BCUT2D eigenvalue weighted by Crippen LogP contribution is 2.42. The van der Waals surface area contributed by atoms with Crippen molar-refractivity contribution in [2.45, 2.75) is 31.7 Å². The fourth-order valence-electron chi connectivity index (χ4n) is 2.64. The van der Waals surface area contributed by atoms with E-state index in [0.717, 1.165) is 6.04 Å². The van der Waals surface area contributed by atoms with Gasteiger partial charge in [-0.2, -0.15) is 0 Å². The van der Waals surface area contributed by atoms with E-state index in [4.69, 9.17) is 0 Å². The minimum atomic E-state index is 0.688. The molecule has 0 amide bonds. The van der Waals surface area contributed by atoms with Gasteiger partial charge in [0.05, 0.1) is 0 Å². The molecule has 2 N–H and O–H groups in total. The summed E-state index contributed by atoms with van der Waals surface area (Å²) in [6.07, 6.45) is 5.63. The zero-order chi connectivity index (χ0) is 7.73. The second kappa shape index (κ2) is 2.76. The summed E-state index contributed by atoms with van der Waals surface area (Å²) in [5.74, 6) is 0. The number of rotatable bonds is 1. The van der Waals surface area contributed by atoms with Crippen molar-refractivity contribution in [2.75, 3.05) is 20.1 Å². The molecule has 1 aliphatic heterocycles. The molecule has 1 saturated heterocycles. The van der Waals surface area contributed by atoms with Crippen LogP contribution in [0.25, 0.3) is 0 Å². The molecule has 2 heteroatoms. The molecule has 2 fully saturated rings. The predicted molar refractivity (Wildman–Crippen MR) is 46.6 cm³/mol. The van der Waals surface area contributed by atoms with Gasteiger partial charge in [-0.15, -0.1) is 0 Å². The van der Waals surface area contributed by atoms with Gasteiger partial charge in [0.2, 0.25) is 0 Å². The minimum Gasteiger partial charge on any atom is -0.317 e. The average molecular weight is 154 g/mol. The van der Waals surface area contributed by atoms with Crippen molar-refractivity contribution >= 4 is 0 Å². The van der Waals surface area contributed by atoms with Crippen LogP contribution < -0.4 is 10.6 Å². The number of hydrogen-bond donors (Lipinski definition) is 2. The molecule has 2 nitrogen and oxygen atoms in total. The van der Waals surface area contributed by atoms with Gasteiger partial charge in [0.15, 0.2) is 0 Å². The summed E-state index contributed by atoms with van der Waals surface area (Å²) in [5.41, 5.74) is 0.688. The third kappa shape index (κ3) is 1.30. The zero-order valence-electron chi connectivity index (χ0n) is 7.32. The van der Waals surface area contributed by atoms with E-state index >= 15 is 0 Å². The normalized spacial score (nSPS) is 43.9. The second-order valence-electron chi connectivity index (χ2n) is 4.16. The van der Waals surface area contributed by atoms with E-state index in [1.54, 1.807) is 0 Å². The quantitative estimate of drug-likeness (QED) is 0.582. The standard InChI is InChI=1S/C9H18N2/c1-10-8-2-3-9(6-8)4-5-11-7-9/h8,10-11H,2-7H2,1H3. The highest BCUT2D eigenvalue weighted by atomic mass is 15.0. The molecule has 2 rings (SSSR count). The van der Waals surface area contributed by atoms with Crippen LogP contribution in [0.4, 0.5) is 0 Å². The smallest absolute Gasteiger partial charge is 0.00700 e. The van der Waals surface area contributed by atoms with Gasteiger partial charge >= 0.3 is 0 Å². The Morgan fingerprint density at radius 3 is 2.91 bits per heavy atom. The molecule has 2 aliphatic rings. The third-order valence-electron chi connectivity index (χ3n) is 3.44. The molecule has 1 spiro atoms. The summed E-state index contributed by atoms with van der Waals surface area (Å²) in [6.45, 7) is 2.52. The molecule has 0 aromatic carbocycles. The molecule has 64 valence electrons. The third-order valence-corrected chi connectivity index (χ3v) is 3.44. The van der Waals surface area contributed by atoms with Gasteiger partial charge in [-0.1, -0.05) is 0 Å². The summed E-state index contributed by atoms with van der Waals surface area (Å²) in [6, 6.07) is 0.801. The molecule has 2 unspecified atom stereocenters. The molecule has 0 bridgehead atoms. The van der Waals surface area contributed by atoms with Crippen LogP contribution >= 0.6 is 0 Å². The van der Waals surface area contributed by atoms with Crippen molar-refractivity contribution in [3.05, 3.63) is 0 Å². The molecule has 0 aromatic rings. The molecule has 1 saturated carbocycles. The summed E-state index contributed by atoms with van der Waals surface area (Å²) in [4.78, 5) is 0. The van der Waals surface area contributed by atoms with Crippen LogP contribution in [0, 0.1) is 5.41 Å². The highest BCUT2D eigenvalue weighted by Gasteiger charge is 2.40. The Balaban J connectivity index is 1.96. The van der Waals surface area contributed by atoms with Gasteiger partial charge in [0.1, 0.15) is 0 Å². The van der Waals surface area contributed by atoms with Gasteiger partial charge in [0, 0.05) is 12.6 Å². The zero-order valence-corrected chi connectivity index (χ0v) is 7.32. The Morgan fingerprint density at radius 2 is 2.36 bits per heavy atom. The Hall–Kier alpha value is -0.0800. The minimum absolute atomic E-state index is 0.688. The van der Waals surface area contributed by atoms with Crippen molar-refractivity contribution in [2.24, 2.45) is 5.41 Å². The molecule has 1 aliphatic carbocycles. The predicted octanol–water partition coefficient (Wildman–Crippen LogP) is 0.738. The van der Waals surface area contributed by atoms with Crippen LogP contribution in [0.2, 0.25) is 0 Å². The maximum atomic E-state index is 3.47. The SMILES string of the molecule is CNC1CCC2(CCNC2)C1. The first-order valence-corrected chi connectivity index (χ1v) is 4.73. The fourth-order valence-corrected chi connectivity index (χ4v) is 2.64. The van der Waals surface area contributed by atoms with E-state index in [9.17, 15) is 0 Å². The second-order valence-corrected chi connectivity index (χ2v) is 4.16. The Bertz CT molecular complexity index is 138. The van der Waals surface area contributed by atoms with Crippen LogP contribution in [0.3, 0.4) is 0 Å². The monoisotopic (exact) mass is 154 g/mol. The Labute approximate surface area is 68.7 Å². The highest BCUT2D eigenvalue weighted by molar-refractivity contribution is 4.96. The molecule has 2 atom stereocenters. The van der Waals surface area contributed by atoms with E-state index in [0.29, 0.717) is 5.41 Å². The van der Waals surface area contributed by atoms with Gasteiger partial charge in [-0.25, -0.2) is 0 Å². The van der Waals surface area contributed by atoms with Gasteiger partial charge in [0.25, 0.3) is 0 Å². The lowest BCUT2D eigenvalue weighted by atomic mass is 9.85. The number of nitrogens with one attached hydrogen (secondary N) is 2. The van der Waals surface area contributed by atoms with E-state index in [-0.39, 0.29) is 0 Å². The summed E-state index contributed by atoms with van der Waals surface area (Å²) in [5, 5.41) is 6.86. The fraction of sp³-hybridized carbons (Fsp3) is 1.00. The topological polar surface area (TPSA) is 24.1 Å². The lowest BCUT2D eigenvalue weighted by molar-refractivity contribution is 0.326. The van der Waals surface area contributed by atoms with Gasteiger partial charge in [-0.3, -0.25) is 0 Å². The van der Waals surface area contributed by atoms with E-state index < -0.39 is 0 Å². The summed E-state index contributed by atoms with van der Waals surface area (Å²) < 4.78 is 0. The van der Waals surface area contributed by atoms with Crippen LogP contribution in [0.15, 0.2) is 0 Å². The molecule has 0 aromatic heterocycles. The van der Waals surface area contributed by atoms with E-state index in [1.165, 1.54) is 38.8 Å². The molecular weight excluding hydrogens is 136 g/mol. The first-order valence-electron chi connectivity index (χ1n) is 4.73.